The highest BCUT2D eigenvalue weighted by molar-refractivity contribution is 5.50. The van der Waals surface area contributed by atoms with Gasteiger partial charge >= 0.3 is 0 Å². The van der Waals surface area contributed by atoms with E-state index in [4.69, 9.17) is 0 Å². The maximum absolute atomic E-state index is 4.04. The fourth-order valence-corrected chi connectivity index (χ4v) is 1.32. The molecule has 0 saturated carbocycles. The van der Waals surface area contributed by atoms with Crippen molar-refractivity contribution in [3.63, 3.8) is 0 Å². The Labute approximate surface area is 123 Å². The summed E-state index contributed by atoms with van der Waals surface area (Å²) in [5.74, 6) is 0. The van der Waals surface area contributed by atoms with Crippen molar-refractivity contribution in [3.8, 4) is 0 Å². The van der Waals surface area contributed by atoms with Crippen molar-refractivity contribution < 1.29 is 0 Å². The minimum atomic E-state index is 0.860. The van der Waals surface area contributed by atoms with Gasteiger partial charge in [-0.05, 0) is 36.1 Å². The summed E-state index contributed by atoms with van der Waals surface area (Å²) in [6.07, 6.45) is 15.3. The molecule has 20 heavy (non-hydrogen) atoms. The molecule has 0 rings (SSSR count). The molecule has 0 atom stereocenters. The van der Waals surface area contributed by atoms with Crippen molar-refractivity contribution in [2.45, 2.75) is 13.8 Å². The first-order chi connectivity index (χ1) is 9.42. The number of hydrogen-bond acceptors (Lipinski definition) is 0. The van der Waals surface area contributed by atoms with Gasteiger partial charge in [-0.3, -0.25) is 0 Å². The van der Waals surface area contributed by atoms with Crippen LogP contribution in [0.2, 0.25) is 0 Å². The maximum Gasteiger partial charge on any atom is -0.0233 e. The van der Waals surface area contributed by atoms with Gasteiger partial charge in [0.1, 0.15) is 0 Å². The van der Waals surface area contributed by atoms with Gasteiger partial charge in [-0.1, -0.05) is 87.1 Å². The van der Waals surface area contributed by atoms with Crippen LogP contribution >= 0.6 is 0 Å². The molecule has 104 valence electrons. The van der Waals surface area contributed by atoms with Crippen LogP contribution in [-0.2, 0) is 0 Å². The third kappa shape index (κ3) is 7.17. The van der Waals surface area contributed by atoms with E-state index in [0.29, 0.717) is 0 Å². The summed E-state index contributed by atoms with van der Waals surface area (Å²) < 4.78 is 0. The predicted molar refractivity (Wildman–Crippen MR) is 93.6 cm³/mol. The van der Waals surface area contributed by atoms with E-state index < -0.39 is 0 Å². The monoisotopic (exact) mass is 264 g/mol. The van der Waals surface area contributed by atoms with Crippen molar-refractivity contribution in [1.82, 2.24) is 0 Å². The second-order valence-corrected chi connectivity index (χ2v) is 4.43. The van der Waals surface area contributed by atoms with Gasteiger partial charge < -0.3 is 0 Å². The summed E-state index contributed by atoms with van der Waals surface area (Å²) in [4.78, 5) is 0. The van der Waals surface area contributed by atoms with Crippen LogP contribution in [0.15, 0.2) is 109 Å². The van der Waals surface area contributed by atoms with Gasteiger partial charge in [0.05, 0.1) is 0 Å². The molecular formula is C20H24. The van der Waals surface area contributed by atoms with E-state index in [1.54, 1.807) is 6.08 Å². The van der Waals surface area contributed by atoms with Gasteiger partial charge in [0.2, 0.25) is 0 Å². The normalized spacial score (nSPS) is 12.2. The molecule has 0 aromatic heterocycles. The molecule has 0 saturated heterocycles. The first kappa shape index (κ1) is 17.7. The smallest absolute Gasteiger partial charge is 0.0233 e. The van der Waals surface area contributed by atoms with Crippen molar-refractivity contribution in [2.75, 3.05) is 0 Å². The standard InChI is InChI=1S/C20H24/c1-8-10-11-17(5)18(6)14-15-20(9-2)19(7)13-12-16(3)4/h8-15H,1,3,5-7H2,2,4H3/b11-10-,13-12-,15-14-,20-9+. The zero-order valence-electron chi connectivity index (χ0n) is 12.7. The lowest BCUT2D eigenvalue weighted by atomic mass is 10.0. The lowest BCUT2D eigenvalue weighted by Crippen LogP contribution is -1.83. The highest BCUT2D eigenvalue weighted by Gasteiger charge is 1.96. The average Bonchev–Trinajstić information content (AvgIpc) is 2.42. The van der Waals surface area contributed by atoms with Crippen molar-refractivity contribution in [3.05, 3.63) is 109 Å². The highest BCUT2D eigenvalue weighted by atomic mass is 14.0. The second kappa shape index (κ2) is 9.57. The van der Waals surface area contributed by atoms with E-state index >= 15 is 0 Å². The maximum atomic E-state index is 4.04. The van der Waals surface area contributed by atoms with Gasteiger partial charge in [-0.2, -0.15) is 0 Å². The Morgan fingerprint density at radius 2 is 1.30 bits per heavy atom. The predicted octanol–water partition coefficient (Wildman–Crippen LogP) is 6.03. The first-order valence-electron chi connectivity index (χ1n) is 6.47. The molecule has 0 aromatic carbocycles. The Balaban J connectivity index is 4.85. The quantitative estimate of drug-likeness (QED) is 0.469. The highest BCUT2D eigenvalue weighted by Crippen LogP contribution is 2.15. The number of rotatable bonds is 8. The summed E-state index contributed by atoms with van der Waals surface area (Å²) in [5, 5.41) is 0. The van der Waals surface area contributed by atoms with Crippen molar-refractivity contribution in [2.24, 2.45) is 0 Å². The Morgan fingerprint density at radius 1 is 0.750 bits per heavy atom. The van der Waals surface area contributed by atoms with Crippen molar-refractivity contribution >= 4 is 0 Å². The summed E-state index contributed by atoms with van der Waals surface area (Å²) in [6.45, 7) is 23.4. The largest absolute Gasteiger partial charge is 0.0991 e. The zero-order valence-corrected chi connectivity index (χ0v) is 12.7. The summed E-state index contributed by atoms with van der Waals surface area (Å²) in [5.41, 5.74) is 4.70. The summed E-state index contributed by atoms with van der Waals surface area (Å²) >= 11 is 0. The van der Waals surface area contributed by atoms with Gasteiger partial charge in [-0.25, -0.2) is 0 Å². The van der Waals surface area contributed by atoms with E-state index in [1.165, 1.54) is 0 Å². The average molecular weight is 264 g/mol. The number of hydrogen-bond donors (Lipinski definition) is 0. The van der Waals surface area contributed by atoms with E-state index in [2.05, 4.69) is 32.9 Å². The van der Waals surface area contributed by atoms with Crippen LogP contribution in [0.25, 0.3) is 0 Å². The molecule has 0 aromatic rings. The Kier molecular flexibility index (Phi) is 8.45. The minimum Gasteiger partial charge on any atom is -0.0991 e. The molecule has 0 N–H and O–H groups in total. The molecule has 0 spiro atoms. The molecule has 0 fully saturated rings. The first-order valence-corrected chi connectivity index (χ1v) is 6.47. The molecule has 0 heteroatoms. The van der Waals surface area contributed by atoms with Gasteiger partial charge in [0, 0.05) is 0 Å². The third-order valence-corrected chi connectivity index (χ3v) is 2.56. The fraction of sp³-hybridized carbons (Fsp3) is 0.100. The lowest BCUT2D eigenvalue weighted by Gasteiger charge is -2.03. The Morgan fingerprint density at radius 3 is 1.80 bits per heavy atom. The molecule has 0 aliphatic rings. The number of allylic oxidation sites excluding steroid dienone is 13. The molecule has 0 nitrogen and oxygen atoms in total. The molecule has 0 unspecified atom stereocenters. The van der Waals surface area contributed by atoms with E-state index in [1.807, 2.05) is 56.4 Å². The molecular weight excluding hydrogens is 240 g/mol. The van der Waals surface area contributed by atoms with Crippen LogP contribution in [0.3, 0.4) is 0 Å². The Hall–Kier alpha value is -2.34. The summed E-state index contributed by atoms with van der Waals surface area (Å²) in [7, 11) is 0. The van der Waals surface area contributed by atoms with Gasteiger partial charge in [0.15, 0.2) is 0 Å². The van der Waals surface area contributed by atoms with E-state index in [9.17, 15) is 0 Å². The molecule has 0 radical (unpaired) electrons. The molecule has 0 heterocycles. The molecule has 0 aliphatic heterocycles. The zero-order chi connectivity index (χ0) is 15.5. The fourth-order valence-electron chi connectivity index (χ4n) is 1.32. The van der Waals surface area contributed by atoms with E-state index in [0.717, 1.165) is 27.9 Å². The molecule has 0 amide bonds. The van der Waals surface area contributed by atoms with Crippen LogP contribution < -0.4 is 0 Å². The van der Waals surface area contributed by atoms with Gasteiger partial charge in [-0.15, -0.1) is 0 Å². The van der Waals surface area contributed by atoms with Crippen LogP contribution in [0.1, 0.15) is 13.8 Å². The minimum absolute atomic E-state index is 0.860. The van der Waals surface area contributed by atoms with Crippen LogP contribution in [0.5, 0.6) is 0 Å². The third-order valence-electron chi connectivity index (χ3n) is 2.56. The summed E-state index contributed by atoms with van der Waals surface area (Å²) in [6, 6.07) is 0. The van der Waals surface area contributed by atoms with Crippen LogP contribution in [0, 0.1) is 0 Å². The molecule has 0 aliphatic carbocycles. The molecule has 0 bridgehead atoms. The second-order valence-electron chi connectivity index (χ2n) is 4.43. The van der Waals surface area contributed by atoms with E-state index in [-0.39, 0.29) is 0 Å². The SMILES string of the molecule is C=C/C=C\C(=C)C(=C)/C=C\C(=C/C)C(=C)/C=C\C(=C)C. The van der Waals surface area contributed by atoms with Crippen LogP contribution in [-0.4, -0.2) is 0 Å². The van der Waals surface area contributed by atoms with Gasteiger partial charge in [0.25, 0.3) is 0 Å². The van der Waals surface area contributed by atoms with Crippen LogP contribution in [0.4, 0.5) is 0 Å². The lowest BCUT2D eigenvalue weighted by molar-refractivity contribution is 1.48. The topological polar surface area (TPSA) is 0 Å². The Bertz CT molecular complexity index is 528. The van der Waals surface area contributed by atoms with Crippen molar-refractivity contribution in [1.29, 1.82) is 0 Å².